The van der Waals surface area contributed by atoms with Crippen LogP contribution in [0.2, 0.25) is 0 Å². The number of hydrogen-bond acceptors (Lipinski definition) is 3. The summed E-state index contributed by atoms with van der Waals surface area (Å²) in [6, 6.07) is 9.31. The maximum Gasteiger partial charge on any atom is 0.337 e. The van der Waals surface area contributed by atoms with E-state index in [2.05, 4.69) is 0 Å². The fourth-order valence-corrected chi connectivity index (χ4v) is 1.14. The molecule has 0 aromatic heterocycles. The lowest BCUT2D eigenvalue weighted by Gasteiger charge is -2.05. The first-order chi connectivity index (χ1) is 7.77. The van der Waals surface area contributed by atoms with Gasteiger partial charge in [0.25, 0.3) is 0 Å². The summed E-state index contributed by atoms with van der Waals surface area (Å²) in [5, 5.41) is 0. The largest absolute Gasteiger partial charge is 0.464 e. The summed E-state index contributed by atoms with van der Waals surface area (Å²) in [5.74, 6) is 0.388. The molecule has 3 nitrogen and oxygen atoms in total. The van der Waals surface area contributed by atoms with E-state index in [1.54, 1.807) is 6.92 Å². The molecule has 0 saturated carbocycles. The van der Waals surface area contributed by atoms with Crippen molar-refractivity contribution in [2.45, 2.75) is 20.3 Å². The van der Waals surface area contributed by atoms with Gasteiger partial charge in [0.05, 0.1) is 12.2 Å². The third-order valence-corrected chi connectivity index (χ3v) is 2.00. The zero-order valence-corrected chi connectivity index (χ0v) is 9.60. The lowest BCUT2D eigenvalue weighted by molar-refractivity contribution is -0.138. The third-order valence-electron chi connectivity index (χ3n) is 2.00. The molecule has 0 aliphatic heterocycles. The molecule has 1 rings (SSSR count). The molecule has 0 bridgehead atoms. The molecule has 0 radical (unpaired) electrons. The van der Waals surface area contributed by atoms with E-state index >= 15 is 0 Å². The monoisotopic (exact) mass is 220 g/mol. The molecule has 0 aliphatic rings. The first-order valence-electron chi connectivity index (χ1n) is 5.35. The Labute approximate surface area is 95.7 Å². The Morgan fingerprint density at radius 2 is 1.94 bits per heavy atom. The molecular weight excluding hydrogens is 204 g/mol. The van der Waals surface area contributed by atoms with Crippen molar-refractivity contribution < 1.29 is 14.3 Å². The molecule has 86 valence electrons. The Hall–Kier alpha value is -1.77. The van der Waals surface area contributed by atoms with Crippen LogP contribution in [0.1, 0.15) is 20.3 Å². The van der Waals surface area contributed by atoms with Gasteiger partial charge in [0.1, 0.15) is 12.0 Å². The van der Waals surface area contributed by atoms with Crippen LogP contribution in [0.4, 0.5) is 0 Å². The minimum absolute atomic E-state index is 0.319. The summed E-state index contributed by atoms with van der Waals surface area (Å²) in [6.45, 7) is 4.04. The van der Waals surface area contributed by atoms with Gasteiger partial charge in [-0.2, -0.15) is 0 Å². The summed E-state index contributed by atoms with van der Waals surface area (Å²) in [5.41, 5.74) is 0.533. The molecule has 16 heavy (non-hydrogen) atoms. The van der Waals surface area contributed by atoms with Crippen molar-refractivity contribution in [2.75, 3.05) is 6.61 Å². The van der Waals surface area contributed by atoms with Crippen molar-refractivity contribution >= 4 is 5.97 Å². The van der Waals surface area contributed by atoms with E-state index in [9.17, 15) is 4.79 Å². The van der Waals surface area contributed by atoms with E-state index in [0.717, 1.165) is 0 Å². The minimum atomic E-state index is -0.319. The van der Waals surface area contributed by atoms with Crippen LogP contribution >= 0.6 is 0 Å². The topological polar surface area (TPSA) is 35.5 Å². The molecule has 3 heteroatoms. The van der Waals surface area contributed by atoms with Gasteiger partial charge in [-0.05, 0) is 25.5 Å². The Balaban J connectivity index is 2.63. The maximum atomic E-state index is 11.4. The molecule has 0 heterocycles. The molecule has 0 unspecified atom stereocenters. The molecule has 0 atom stereocenters. The second kappa shape index (κ2) is 6.67. The standard InChI is InChI=1S/C13H16O3/c1-3-11(13(14)15-4-2)10-16-12-8-6-5-7-9-12/h5-10H,3-4H2,1-2H3. The smallest absolute Gasteiger partial charge is 0.337 e. The molecule has 0 amide bonds. The number of carbonyl (C=O) groups excluding carboxylic acids is 1. The van der Waals surface area contributed by atoms with Crippen molar-refractivity contribution in [3.05, 3.63) is 42.2 Å². The minimum Gasteiger partial charge on any atom is -0.464 e. The number of ether oxygens (including phenoxy) is 2. The van der Waals surface area contributed by atoms with E-state index in [1.807, 2.05) is 37.3 Å². The summed E-state index contributed by atoms with van der Waals surface area (Å²) in [7, 11) is 0. The van der Waals surface area contributed by atoms with Crippen LogP contribution in [-0.4, -0.2) is 12.6 Å². The Morgan fingerprint density at radius 1 is 1.25 bits per heavy atom. The molecule has 0 aliphatic carbocycles. The van der Waals surface area contributed by atoms with Gasteiger partial charge in [-0.15, -0.1) is 0 Å². The summed E-state index contributed by atoms with van der Waals surface area (Å²) in [4.78, 5) is 11.4. The lowest BCUT2D eigenvalue weighted by atomic mass is 10.2. The second-order valence-electron chi connectivity index (χ2n) is 3.15. The Kier molecular flexibility index (Phi) is 5.12. The predicted molar refractivity (Wildman–Crippen MR) is 62.1 cm³/mol. The van der Waals surface area contributed by atoms with Crippen LogP contribution in [0.15, 0.2) is 42.2 Å². The van der Waals surface area contributed by atoms with Gasteiger partial charge in [-0.25, -0.2) is 4.79 Å². The summed E-state index contributed by atoms with van der Waals surface area (Å²) >= 11 is 0. The highest BCUT2D eigenvalue weighted by Crippen LogP contribution is 2.11. The zero-order valence-electron chi connectivity index (χ0n) is 9.60. The fraction of sp³-hybridized carbons (Fsp3) is 0.308. The number of benzene rings is 1. The van der Waals surface area contributed by atoms with Gasteiger partial charge in [0.15, 0.2) is 0 Å². The van der Waals surface area contributed by atoms with Crippen molar-refractivity contribution in [1.82, 2.24) is 0 Å². The summed E-state index contributed by atoms with van der Waals surface area (Å²) in [6.07, 6.45) is 2.04. The highest BCUT2D eigenvalue weighted by atomic mass is 16.5. The average molecular weight is 220 g/mol. The molecule has 0 fully saturated rings. The second-order valence-corrected chi connectivity index (χ2v) is 3.15. The van der Waals surface area contributed by atoms with Gasteiger partial charge in [0.2, 0.25) is 0 Å². The number of carbonyl (C=O) groups is 1. The van der Waals surface area contributed by atoms with Crippen molar-refractivity contribution in [3.63, 3.8) is 0 Å². The molecule has 1 aromatic carbocycles. The zero-order chi connectivity index (χ0) is 11.8. The van der Waals surface area contributed by atoms with Crippen LogP contribution in [-0.2, 0) is 9.53 Å². The van der Waals surface area contributed by atoms with Gasteiger partial charge in [-0.3, -0.25) is 0 Å². The van der Waals surface area contributed by atoms with E-state index in [1.165, 1.54) is 6.26 Å². The Morgan fingerprint density at radius 3 is 2.50 bits per heavy atom. The van der Waals surface area contributed by atoms with E-state index < -0.39 is 0 Å². The highest BCUT2D eigenvalue weighted by molar-refractivity contribution is 5.88. The third kappa shape index (κ3) is 3.77. The SMILES string of the molecule is CCOC(=O)C(=COc1ccccc1)CC. The van der Waals surface area contributed by atoms with Crippen molar-refractivity contribution in [2.24, 2.45) is 0 Å². The Bertz CT molecular complexity index is 355. The van der Waals surface area contributed by atoms with Gasteiger partial charge >= 0.3 is 5.97 Å². The molecular formula is C13H16O3. The first-order valence-corrected chi connectivity index (χ1v) is 5.35. The van der Waals surface area contributed by atoms with Gasteiger partial charge in [-0.1, -0.05) is 25.1 Å². The number of rotatable bonds is 5. The predicted octanol–water partition coefficient (Wildman–Crippen LogP) is 2.92. The fourth-order valence-electron chi connectivity index (χ4n) is 1.14. The van der Waals surface area contributed by atoms with E-state index in [0.29, 0.717) is 24.4 Å². The van der Waals surface area contributed by atoms with E-state index in [-0.39, 0.29) is 5.97 Å². The van der Waals surface area contributed by atoms with E-state index in [4.69, 9.17) is 9.47 Å². The van der Waals surface area contributed by atoms with Gasteiger partial charge in [0, 0.05) is 0 Å². The van der Waals surface area contributed by atoms with Crippen LogP contribution in [0.5, 0.6) is 5.75 Å². The number of para-hydroxylation sites is 1. The molecule has 1 aromatic rings. The number of hydrogen-bond donors (Lipinski definition) is 0. The molecule has 0 saturated heterocycles. The van der Waals surface area contributed by atoms with Gasteiger partial charge < -0.3 is 9.47 Å². The first kappa shape index (κ1) is 12.3. The average Bonchev–Trinajstić information content (AvgIpc) is 2.31. The lowest BCUT2D eigenvalue weighted by Crippen LogP contribution is -2.08. The van der Waals surface area contributed by atoms with Crippen molar-refractivity contribution in [1.29, 1.82) is 0 Å². The normalized spacial score (nSPS) is 11.0. The van der Waals surface area contributed by atoms with Crippen molar-refractivity contribution in [3.8, 4) is 5.75 Å². The number of esters is 1. The summed E-state index contributed by atoms with van der Waals surface area (Å²) < 4.78 is 10.3. The maximum absolute atomic E-state index is 11.4. The highest BCUT2D eigenvalue weighted by Gasteiger charge is 2.08. The molecule has 0 N–H and O–H groups in total. The van der Waals surface area contributed by atoms with Crippen LogP contribution in [0.25, 0.3) is 0 Å². The molecule has 0 spiro atoms. The van der Waals surface area contributed by atoms with Crippen LogP contribution < -0.4 is 4.74 Å². The van der Waals surface area contributed by atoms with Crippen LogP contribution in [0.3, 0.4) is 0 Å². The quantitative estimate of drug-likeness (QED) is 0.435. The van der Waals surface area contributed by atoms with Crippen LogP contribution in [0, 0.1) is 0 Å².